The van der Waals surface area contributed by atoms with E-state index in [9.17, 15) is 0 Å². The maximum Gasteiger partial charge on any atom is 0.191 e. The third-order valence-corrected chi connectivity index (χ3v) is 4.90. The Labute approximate surface area is 158 Å². The second kappa shape index (κ2) is 11.2. The smallest absolute Gasteiger partial charge is 0.191 e. The molecule has 0 aromatic heterocycles. The van der Waals surface area contributed by atoms with Crippen LogP contribution < -0.4 is 10.6 Å². The molecule has 6 nitrogen and oxygen atoms in total. The lowest BCUT2D eigenvalue weighted by molar-refractivity contribution is -0.00255. The SMILES string of the molecule is CCNC(=NCC1(N(C)C)CCOCC1)NCCOCc1ccccc1. The van der Waals surface area contributed by atoms with Gasteiger partial charge in [0.1, 0.15) is 0 Å². The maximum absolute atomic E-state index is 5.73. The van der Waals surface area contributed by atoms with E-state index in [2.05, 4.69) is 48.7 Å². The van der Waals surface area contributed by atoms with Gasteiger partial charge >= 0.3 is 0 Å². The topological polar surface area (TPSA) is 58.1 Å². The van der Waals surface area contributed by atoms with Crippen molar-refractivity contribution in [1.29, 1.82) is 0 Å². The standard InChI is InChI=1S/C20H34N4O2/c1-4-21-19(22-12-15-26-16-18-8-6-5-7-9-18)23-17-20(24(2)3)10-13-25-14-11-20/h5-9H,4,10-17H2,1-3H3,(H2,21,22,23). The van der Waals surface area contributed by atoms with Crippen molar-refractivity contribution < 1.29 is 9.47 Å². The highest BCUT2D eigenvalue weighted by atomic mass is 16.5. The number of nitrogens with zero attached hydrogens (tertiary/aromatic N) is 2. The highest BCUT2D eigenvalue weighted by Gasteiger charge is 2.34. The molecule has 0 saturated carbocycles. The second-order valence-electron chi connectivity index (χ2n) is 6.89. The van der Waals surface area contributed by atoms with Gasteiger partial charge in [0.15, 0.2) is 5.96 Å². The quantitative estimate of drug-likeness (QED) is 0.399. The number of nitrogens with one attached hydrogen (secondary N) is 2. The molecule has 0 radical (unpaired) electrons. The summed E-state index contributed by atoms with van der Waals surface area (Å²) in [5, 5.41) is 6.69. The van der Waals surface area contributed by atoms with E-state index in [0.29, 0.717) is 13.2 Å². The molecule has 26 heavy (non-hydrogen) atoms. The van der Waals surface area contributed by atoms with Crippen LogP contribution >= 0.6 is 0 Å². The Morgan fingerprint density at radius 1 is 1.19 bits per heavy atom. The van der Waals surface area contributed by atoms with Crippen LogP contribution in [-0.2, 0) is 16.1 Å². The van der Waals surface area contributed by atoms with Crippen molar-refractivity contribution >= 4 is 5.96 Å². The third-order valence-electron chi connectivity index (χ3n) is 4.90. The summed E-state index contributed by atoms with van der Waals surface area (Å²) < 4.78 is 11.3. The number of rotatable bonds is 9. The number of guanidine groups is 1. The second-order valence-corrected chi connectivity index (χ2v) is 6.89. The fraction of sp³-hybridized carbons (Fsp3) is 0.650. The molecule has 0 spiro atoms. The minimum atomic E-state index is 0.0877. The Morgan fingerprint density at radius 3 is 2.58 bits per heavy atom. The number of hydrogen-bond donors (Lipinski definition) is 2. The van der Waals surface area contributed by atoms with Crippen LogP contribution in [0.25, 0.3) is 0 Å². The van der Waals surface area contributed by atoms with E-state index >= 15 is 0 Å². The molecule has 1 fully saturated rings. The summed E-state index contributed by atoms with van der Waals surface area (Å²) in [6.45, 7) is 7.33. The fourth-order valence-electron chi connectivity index (χ4n) is 3.07. The molecule has 2 rings (SSSR count). The molecule has 0 amide bonds. The molecule has 1 aliphatic rings. The lowest BCUT2D eigenvalue weighted by atomic mass is 9.89. The first-order valence-electron chi connectivity index (χ1n) is 9.55. The fourth-order valence-corrected chi connectivity index (χ4v) is 3.07. The van der Waals surface area contributed by atoms with Gasteiger partial charge in [0, 0.05) is 31.8 Å². The van der Waals surface area contributed by atoms with E-state index < -0.39 is 0 Å². The van der Waals surface area contributed by atoms with Crippen LogP contribution in [0.5, 0.6) is 0 Å². The first-order chi connectivity index (χ1) is 12.7. The average Bonchev–Trinajstić information content (AvgIpc) is 2.67. The summed E-state index contributed by atoms with van der Waals surface area (Å²) in [5.41, 5.74) is 1.28. The molecule has 6 heteroatoms. The Kier molecular flexibility index (Phi) is 8.88. The van der Waals surface area contributed by atoms with Gasteiger partial charge in [-0.2, -0.15) is 0 Å². The summed E-state index contributed by atoms with van der Waals surface area (Å²) >= 11 is 0. The molecule has 0 aliphatic carbocycles. The number of aliphatic imine (C=N–C) groups is 1. The van der Waals surface area contributed by atoms with Crippen molar-refractivity contribution in [3.63, 3.8) is 0 Å². The van der Waals surface area contributed by atoms with Crippen LogP contribution in [0.1, 0.15) is 25.3 Å². The van der Waals surface area contributed by atoms with Gasteiger partial charge in [0.05, 0.1) is 19.8 Å². The van der Waals surface area contributed by atoms with Gasteiger partial charge in [-0.05, 0) is 39.4 Å². The van der Waals surface area contributed by atoms with E-state index in [0.717, 1.165) is 51.6 Å². The van der Waals surface area contributed by atoms with Crippen LogP contribution in [0.4, 0.5) is 0 Å². The van der Waals surface area contributed by atoms with Gasteiger partial charge in [0.25, 0.3) is 0 Å². The molecular weight excluding hydrogens is 328 g/mol. The molecule has 1 heterocycles. The molecule has 2 N–H and O–H groups in total. The molecule has 1 aromatic carbocycles. The number of benzene rings is 1. The summed E-state index contributed by atoms with van der Waals surface area (Å²) in [6, 6.07) is 10.2. The summed E-state index contributed by atoms with van der Waals surface area (Å²) in [4.78, 5) is 7.13. The zero-order valence-electron chi connectivity index (χ0n) is 16.5. The van der Waals surface area contributed by atoms with Crippen molar-refractivity contribution in [2.75, 3.05) is 53.6 Å². The predicted octanol–water partition coefficient (Wildman–Crippen LogP) is 1.87. The van der Waals surface area contributed by atoms with Crippen LogP contribution in [0.2, 0.25) is 0 Å². The van der Waals surface area contributed by atoms with E-state index in [1.54, 1.807) is 0 Å². The minimum absolute atomic E-state index is 0.0877. The molecule has 0 atom stereocenters. The van der Waals surface area contributed by atoms with Crippen molar-refractivity contribution in [2.24, 2.45) is 4.99 Å². The van der Waals surface area contributed by atoms with Crippen LogP contribution in [0, 0.1) is 0 Å². The van der Waals surface area contributed by atoms with Gasteiger partial charge in [-0.1, -0.05) is 30.3 Å². The minimum Gasteiger partial charge on any atom is -0.381 e. The normalized spacial score (nSPS) is 17.3. The maximum atomic E-state index is 5.73. The van der Waals surface area contributed by atoms with Gasteiger partial charge in [-0.25, -0.2) is 0 Å². The van der Waals surface area contributed by atoms with E-state index in [1.165, 1.54) is 5.56 Å². The van der Waals surface area contributed by atoms with Crippen LogP contribution in [0.3, 0.4) is 0 Å². The molecular formula is C20H34N4O2. The Morgan fingerprint density at radius 2 is 1.92 bits per heavy atom. The number of hydrogen-bond acceptors (Lipinski definition) is 4. The molecule has 1 aromatic rings. The molecule has 0 unspecified atom stereocenters. The zero-order chi connectivity index (χ0) is 18.7. The predicted molar refractivity (Wildman–Crippen MR) is 107 cm³/mol. The molecule has 1 saturated heterocycles. The molecule has 1 aliphatic heterocycles. The van der Waals surface area contributed by atoms with Gasteiger partial charge in [0.2, 0.25) is 0 Å². The Hall–Kier alpha value is -1.63. The van der Waals surface area contributed by atoms with Gasteiger partial charge < -0.3 is 25.0 Å². The number of ether oxygens (including phenoxy) is 2. The van der Waals surface area contributed by atoms with E-state index in [1.807, 2.05) is 18.2 Å². The van der Waals surface area contributed by atoms with Gasteiger partial charge in [-0.15, -0.1) is 0 Å². The average molecular weight is 363 g/mol. The third kappa shape index (κ3) is 6.59. The van der Waals surface area contributed by atoms with E-state index in [-0.39, 0.29) is 5.54 Å². The zero-order valence-corrected chi connectivity index (χ0v) is 16.5. The molecule has 0 bridgehead atoms. The summed E-state index contributed by atoms with van der Waals surface area (Å²) in [5.74, 6) is 0.850. The van der Waals surface area contributed by atoms with Crippen molar-refractivity contribution in [2.45, 2.75) is 31.9 Å². The summed E-state index contributed by atoms with van der Waals surface area (Å²) in [7, 11) is 4.28. The summed E-state index contributed by atoms with van der Waals surface area (Å²) in [6.07, 6.45) is 2.03. The Bertz CT molecular complexity index is 528. The Balaban J connectivity index is 1.78. The highest BCUT2D eigenvalue weighted by Crippen LogP contribution is 2.26. The van der Waals surface area contributed by atoms with Crippen molar-refractivity contribution in [3.05, 3.63) is 35.9 Å². The van der Waals surface area contributed by atoms with Crippen molar-refractivity contribution in [3.8, 4) is 0 Å². The highest BCUT2D eigenvalue weighted by molar-refractivity contribution is 5.79. The monoisotopic (exact) mass is 362 g/mol. The first kappa shape index (κ1) is 20.7. The lowest BCUT2D eigenvalue weighted by Crippen LogP contribution is -2.51. The first-order valence-corrected chi connectivity index (χ1v) is 9.55. The largest absolute Gasteiger partial charge is 0.381 e. The van der Waals surface area contributed by atoms with E-state index in [4.69, 9.17) is 14.5 Å². The number of likely N-dealkylation sites (N-methyl/N-ethyl adjacent to an activating group) is 1. The molecule has 146 valence electrons. The van der Waals surface area contributed by atoms with Gasteiger partial charge in [-0.3, -0.25) is 4.99 Å². The van der Waals surface area contributed by atoms with Crippen molar-refractivity contribution in [1.82, 2.24) is 15.5 Å². The lowest BCUT2D eigenvalue weighted by Gasteiger charge is -2.41. The van der Waals surface area contributed by atoms with Crippen LogP contribution in [-0.4, -0.2) is 69.9 Å². The van der Waals surface area contributed by atoms with Crippen LogP contribution in [0.15, 0.2) is 35.3 Å².